The third-order valence-electron chi connectivity index (χ3n) is 3.02. The first-order valence-electron chi connectivity index (χ1n) is 6.25. The molecule has 0 saturated carbocycles. The minimum absolute atomic E-state index is 0.166. The Balaban J connectivity index is 2.66. The summed E-state index contributed by atoms with van der Waals surface area (Å²) in [5.74, 6) is -1.17. The zero-order valence-electron chi connectivity index (χ0n) is 10.9. The van der Waals surface area contributed by atoms with Gasteiger partial charge in [0.05, 0.1) is 0 Å². The number of carbonyl (C=O) groups is 1. The number of pyridine rings is 1. The van der Waals surface area contributed by atoms with E-state index in [1.165, 1.54) is 10.6 Å². The van der Waals surface area contributed by atoms with E-state index in [1.54, 1.807) is 12.3 Å². The molecule has 1 rings (SSSR count). The molecule has 1 N–H and O–H groups in total. The molecule has 1 aromatic heterocycles. The predicted molar refractivity (Wildman–Crippen MR) is 70.1 cm³/mol. The highest BCUT2D eigenvalue weighted by Crippen LogP contribution is 1.96. The van der Waals surface area contributed by atoms with Crippen LogP contribution in [0, 0.1) is 0 Å². The van der Waals surface area contributed by atoms with Gasteiger partial charge in [-0.05, 0) is 38.2 Å². The number of rotatable bonds is 7. The van der Waals surface area contributed by atoms with Crippen LogP contribution < -0.4 is 5.56 Å². The van der Waals surface area contributed by atoms with E-state index >= 15 is 0 Å². The number of aromatic nitrogens is 1. The lowest BCUT2D eigenvalue weighted by Crippen LogP contribution is -2.29. The predicted octanol–water partition coefficient (Wildman–Crippen LogP) is 1.28. The summed E-state index contributed by atoms with van der Waals surface area (Å²) in [6.07, 6.45) is 2.47. The molecule has 5 heteroatoms. The first kappa shape index (κ1) is 14.4. The Morgan fingerprint density at radius 2 is 2.06 bits per heavy atom. The lowest BCUT2D eigenvalue weighted by molar-refractivity contribution is 0.0694. The molecule has 0 aliphatic rings. The van der Waals surface area contributed by atoms with Crippen molar-refractivity contribution in [3.05, 3.63) is 34.2 Å². The summed E-state index contributed by atoms with van der Waals surface area (Å²) in [5.41, 5.74) is -0.593. The highest BCUT2D eigenvalue weighted by molar-refractivity contribution is 5.86. The summed E-state index contributed by atoms with van der Waals surface area (Å²) < 4.78 is 1.47. The number of aromatic carboxylic acids is 1. The Morgan fingerprint density at radius 3 is 2.61 bits per heavy atom. The maximum atomic E-state index is 11.8. The molecule has 100 valence electrons. The Kier molecular flexibility index (Phi) is 5.58. The van der Waals surface area contributed by atoms with Gasteiger partial charge in [0.1, 0.15) is 5.56 Å². The molecular weight excluding hydrogens is 232 g/mol. The van der Waals surface area contributed by atoms with Crippen LogP contribution in [0.3, 0.4) is 0 Å². The van der Waals surface area contributed by atoms with Crippen molar-refractivity contribution in [2.45, 2.75) is 26.8 Å². The van der Waals surface area contributed by atoms with E-state index in [1.807, 2.05) is 0 Å². The van der Waals surface area contributed by atoms with Crippen LogP contribution >= 0.6 is 0 Å². The fourth-order valence-corrected chi connectivity index (χ4v) is 1.88. The molecule has 0 saturated heterocycles. The van der Waals surface area contributed by atoms with E-state index in [0.717, 1.165) is 26.1 Å². The van der Waals surface area contributed by atoms with Gasteiger partial charge in [-0.3, -0.25) is 4.79 Å². The van der Waals surface area contributed by atoms with Crippen LogP contribution in [0.4, 0.5) is 0 Å². The second-order valence-electron chi connectivity index (χ2n) is 4.11. The van der Waals surface area contributed by atoms with Crippen LogP contribution in [0.25, 0.3) is 0 Å². The number of hydrogen-bond acceptors (Lipinski definition) is 3. The molecule has 18 heavy (non-hydrogen) atoms. The molecule has 1 aromatic rings. The third kappa shape index (κ3) is 3.70. The summed E-state index contributed by atoms with van der Waals surface area (Å²) in [7, 11) is 0. The van der Waals surface area contributed by atoms with Crippen LogP contribution in [-0.4, -0.2) is 40.2 Å². The molecule has 1 heterocycles. The van der Waals surface area contributed by atoms with E-state index in [2.05, 4.69) is 18.7 Å². The highest BCUT2D eigenvalue weighted by atomic mass is 16.4. The van der Waals surface area contributed by atoms with Crippen molar-refractivity contribution in [1.82, 2.24) is 9.47 Å². The standard InChI is InChI=1S/C13H20N2O3/c1-3-14(4-2)8-6-10-15-9-5-7-11(12(15)16)13(17)18/h5,7,9H,3-4,6,8,10H2,1-2H3,(H,17,18). The molecule has 0 spiro atoms. The fourth-order valence-electron chi connectivity index (χ4n) is 1.88. The van der Waals surface area contributed by atoms with E-state index in [9.17, 15) is 9.59 Å². The zero-order chi connectivity index (χ0) is 13.5. The number of aryl methyl sites for hydroxylation is 1. The Bertz CT molecular complexity index is 450. The fraction of sp³-hybridized carbons (Fsp3) is 0.538. The SMILES string of the molecule is CCN(CC)CCCn1cccc(C(=O)O)c1=O. The van der Waals surface area contributed by atoms with Crippen molar-refractivity contribution in [3.8, 4) is 0 Å². The molecule has 0 amide bonds. The second-order valence-corrected chi connectivity index (χ2v) is 4.11. The summed E-state index contributed by atoms with van der Waals surface area (Å²) in [6, 6.07) is 2.94. The van der Waals surface area contributed by atoms with Crippen LogP contribution in [-0.2, 0) is 6.54 Å². The Morgan fingerprint density at radius 1 is 1.39 bits per heavy atom. The van der Waals surface area contributed by atoms with Gasteiger partial charge in [-0.2, -0.15) is 0 Å². The van der Waals surface area contributed by atoms with Crippen LogP contribution in [0.2, 0.25) is 0 Å². The minimum atomic E-state index is -1.17. The highest BCUT2D eigenvalue weighted by Gasteiger charge is 2.09. The number of carboxylic acids is 1. The van der Waals surface area contributed by atoms with Gasteiger partial charge in [0.15, 0.2) is 0 Å². The monoisotopic (exact) mass is 252 g/mol. The Labute approximate surface area is 107 Å². The maximum Gasteiger partial charge on any atom is 0.341 e. The van der Waals surface area contributed by atoms with E-state index < -0.39 is 11.5 Å². The Hall–Kier alpha value is -1.62. The first-order valence-corrected chi connectivity index (χ1v) is 6.25. The van der Waals surface area contributed by atoms with Crippen molar-refractivity contribution >= 4 is 5.97 Å². The minimum Gasteiger partial charge on any atom is -0.477 e. The van der Waals surface area contributed by atoms with Gasteiger partial charge in [0.25, 0.3) is 5.56 Å². The number of carboxylic acid groups (broad SMARTS) is 1. The average Bonchev–Trinajstić information content (AvgIpc) is 2.36. The first-order chi connectivity index (χ1) is 8.60. The molecule has 0 atom stereocenters. The van der Waals surface area contributed by atoms with E-state index in [0.29, 0.717) is 6.54 Å². The van der Waals surface area contributed by atoms with Crippen LogP contribution in [0.1, 0.15) is 30.6 Å². The van der Waals surface area contributed by atoms with Crippen molar-refractivity contribution in [2.75, 3.05) is 19.6 Å². The quantitative estimate of drug-likeness (QED) is 0.794. The third-order valence-corrected chi connectivity index (χ3v) is 3.02. The molecular formula is C13H20N2O3. The summed E-state index contributed by atoms with van der Waals surface area (Å²) in [4.78, 5) is 24.9. The van der Waals surface area contributed by atoms with Crippen LogP contribution in [0.5, 0.6) is 0 Å². The van der Waals surface area contributed by atoms with Gasteiger partial charge in [-0.25, -0.2) is 4.79 Å². The van der Waals surface area contributed by atoms with Gasteiger partial charge >= 0.3 is 5.97 Å². The van der Waals surface area contributed by atoms with Gasteiger partial charge < -0.3 is 14.6 Å². The van der Waals surface area contributed by atoms with E-state index in [4.69, 9.17) is 5.11 Å². The summed E-state index contributed by atoms with van der Waals surface area (Å²) in [5, 5.41) is 8.86. The molecule has 0 bridgehead atoms. The lowest BCUT2D eigenvalue weighted by atomic mass is 10.2. The molecule has 0 fully saturated rings. The van der Waals surface area contributed by atoms with Gasteiger partial charge in [-0.15, -0.1) is 0 Å². The largest absolute Gasteiger partial charge is 0.477 e. The smallest absolute Gasteiger partial charge is 0.341 e. The lowest BCUT2D eigenvalue weighted by Gasteiger charge is -2.17. The van der Waals surface area contributed by atoms with Gasteiger partial charge in [0.2, 0.25) is 0 Å². The van der Waals surface area contributed by atoms with Crippen molar-refractivity contribution in [2.24, 2.45) is 0 Å². The number of hydrogen-bond donors (Lipinski definition) is 1. The normalized spacial score (nSPS) is 10.8. The van der Waals surface area contributed by atoms with Crippen LogP contribution in [0.15, 0.2) is 23.1 Å². The maximum absolute atomic E-state index is 11.8. The van der Waals surface area contributed by atoms with Crippen molar-refractivity contribution < 1.29 is 9.90 Å². The van der Waals surface area contributed by atoms with Gasteiger partial charge in [-0.1, -0.05) is 13.8 Å². The summed E-state index contributed by atoms with van der Waals surface area (Å²) in [6.45, 7) is 7.63. The number of nitrogens with zero attached hydrogens (tertiary/aromatic N) is 2. The molecule has 0 aromatic carbocycles. The second kappa shape index (κ2) is 6.96. The molecule has 5 nitrogen and oxygen atoms in total. The topological polar surface area (TPSA) is 62.5 Å². The molecule has 0 radical (unpaired) electrons. The van der Waals surface area contributed by atoms with Crippen molar-refractivity contribution in [3.63, 3.8) is 0 Å². The van der Waals surface area contributed by atoms with E-state index in [-0.39, 0.29) is 5.56 Å². The molecule has 0 aliphatic heterocycles. The van der Waals surface area contributed by atoms with Gasteiger partial charge in [0, 0.05) is 12.7 Å². The van der Waals surface area contributed by atoms with Crippen molar-refractivity contribution in [1.29, 1.82) is 0 Å². The average molecular weight is 252 g/mol. The zero-order valence-corrected chi connectivity index (χ0v) is 10.9. The summed E-state index contributed by atoms with van der Waals surface area (Å²) >= 11 is 0. The molecule has 0 unspecified atom stereocenters. The molecule has 0 aliphatic carbocycles.